The van der Waals surface area contributed by atoms with Crippen molar-refractivity contribution in [1.29, 1.82) is 0 Å². The van der Waals surface area contributed by atoms with Crippen LogP contribution in [0.1, 0.15) is 96.8 Å². The smallest absolute Gasteiger partial charge is 0.388 e. The Morgan fingerprint density at radius 3 is 1.65 bits per heavy atom. The second-order valence-electron chi connectivity index (χ2n) is 7.64. The maximum Gasteiger partial charge on any atom is 0.486 e. The molecule has 0 aromatic carbocycles. The second kappa shape index (κ2) is 9.97. The van der Waals surface area contributed by atoms with Gasteiger partial charge in [-0.15, -0.1) is 0 Å². The molecule has 3 fully saturated rings. The van der Waals surface area contributed by atoms with Gasteiger partial charge in [0.25, 0.3) is 0 Å². The molecule has 2 atom stereocenters. The van der Waals surface area contributed by atoms with Gasteiger partial charge in [0.05, 0.1) is 0 Å². The summed E-state index contributed by atoms with van der Waals surface area (Å²) in [4.78, 5) is 0. The molecule has 8 heteroatoms. The number of hydrogen-bond donors (Lipinski definition) is 3. The molecule has 0 radical (unpaired) electrons. The van der Waals surface area contributed by atoms with E-state index >= 15 is 0 Å². The first kappa shape index (κ1) is 22.3. The third-order valence-corrected chi connectivity index (χ3v) is 6.77. The number of aliphatic hydroxyl groups excluding tert-OH is 1. The highest BCUT2D eigenvalue weighted by Gasteiger charge is 2.80. The van der Waals surface area contributed by atoms with E-state index in [-0.39, 0.29) is 0 Å². The van der Waals surface area contributed by atoms with Crippen LogP contribution in [0.5, 0.6) is 0 Å². The van der Waals surface area contributed by atoms with Crippen LogP contribution in [0.25, 0.3) is 0 Å². The molecule has 4 N–H and O–H groups in total. The first-order valence-electron chi connectivity index (χ1n) is 10.3. The Bertz CT molecular complexity index is 467. The number of aliphatic hydroxyl groups is 2. The van der Waals surface area contributed by atoms with Crippen molar-refractivity contribution in [3.05, 3.63) is 0 Å². The van der Waals surface area contributed by atoms with Crippen molar-refractivity contribution < 1.29 is 28.3 Å². The van der Waals surface area contributed by atoms with Gasteiger partial charge in [-0.2, -0.15) is 0 Å². The molecule has 26 heavy (non-hydrogen) atoms. The van der Waals surface area contributed by atoms with Crippen LogP contribution >= 0.6 is 7.82 Å². The molecule has 0 aromatic heterocycles. The number of nitrogens with two attached hydrogens (primary N) is 1. The average molecular weight is 393 g/mol. The van der Waals surface area contributed by atoms with E-state index in [0.29, 0.717) is 6.42 Å². The van der Waals surface area contributed by atoms with Crippen molar-refractivity contribution in [1.82, 2.24) is 0 Å². The van der Waals surface area contributed by atoms with Gasteiger partial charge in [-0.1, -0.05) is 90.4 Å². The molecule has 0 unspecified atom stereocenters. The Morgan fingerprint density at radius 1 is 0.846 bits per heavy atom. The molecule has 3 saturated heterocycles. The van der Waals surface area contributed by atoms with E-state index in [1.807, 2.05) is 0 Å². The van der Waals surface area contributed by atoms with Gasteiger partial charge in [-0.05, 0) is 6.42 Å². The van der Waals surface area contributed by atoms with E-state index in [2.05, 4.69) is 16.0 Å². The van der Waals surface area contributed by atoms with Crippen LogP contribution < -0.4 is 5.73 Å². The molecule has 3 aliphatic rings. The molecule has 154 valence electrons. The molecular weight excluding hydrogens is 357 g/mol. The largest absolute Gasteiger partial charge is 0.486 e. The van der Waals surface area contributed by atoms with Gasteiger partial charge >= 0.3 is 13.8 Å². The van der Waals surface area contributed by atoms with Crippen LogP contribution in [0.15, 0.2) is 0 Å². The molecule has 0 aliphatic carbocycles. The molecule has 7 nitrogen and oxygen atoms in total. The van der Waals surface area contributed by atoms with Crippen LogP contribution in [0.4, 0.5) is 0 Å². The van der Waals surface area contributed by atoms with Gasteiger partial charge in [-0.25, -0.2) is 13.6 Å². The Labute approximate surface area is 157 Å². The van der Waals surface area contributed by atoms with Gasteiger partial charge in [0.15, 0.2) is 0 Å². The van der Waals surface area contributed by atoms with Crippen molar-refractivity contribution in [3.8, 4) is 0 Å². The third kappa shape index (κ3) is 5.51. The fourth-order valence-electron chi connectivity index (χ4n) is 3.57. The Kier molecular flexibility index (Phi) is 8.54. The normalized spacial score (nSPS) is 34.0. The number of phosphoric acid groups is 1. The molecule has 3 heterocycles. The molecule has 0 amide bonds. The molecule has 0 spiro atoms. The lowest BCUT2D eigenvalue weighted by Gasteiger charge is -2.36. The zero-order chi connectivity index (χ0) is 19.1. The van der Waals surface area contributed by atoms with Crippen molar-refractivity contribution >= 4 is 7.82 Å². The summed E-state index contributed by atoms with van der Waals surface area (Å²) < 4.78 is 25.8. The summed E-state index contributed by atoms with van der Waals surface area (Å²) in [6.45, 7) is 2.24. The first-order valence-corrected chi connectivity index (χ1v) is 11.7. The van der Waals surface area contributed by atoms with Crippen LogP contribution in [0, 0.1) is 0 Å². The molecule has 3 rings (SSSR count). The summed E-state index contributed by atoms with van der Waals surface area (Å²) in [6.07, 6.45) is 15.2. The van der Waals surface area contributed by atoms with Gasteiger partial charge in [0.1, 0.15) is 6.10 Å². The van der Waals surface area contributed by atoms with Gasteiger partial charge in [0, 0.05) is 0 Å². The number of phosphoric ester groups is 1. The number of rotatable bonds is 15. The zero-order valence-electron chi connectivity index (χ0n) is 16.0. The predicted octanol–water partition coefficient (Wildman–Crippen LogP) is 4.31. The average Bonchev–Trinajstić information content (AvgIpc) is 2.90. The number of hydrogen-bond acceptors (Lipinski definition) is 7. The molecule has 0 saturated carbocycles. The molecule has 2 bridgehead atoms. The van der Waals surface area contributed by atoms with Crippen molar-refractivity contribution in [2.75, 3.05) is 0 Å². The summed E-state index contributed by atoms with van der Waals surface area (Å²) in [7, 11) is -3.75. The summed E-state index contributed by atoms with van der Waals surface area (Å²) in [5.41, 5.74) is 3.84. The maximum atomic E-state index is 11.6. The zero-order valence-corrected chi connectivity index (χ0v) is 16.9. The third-order valence-electron chi connectivity index (χ3n) is 5.30. The topological polar surface area (TPSA) is 111 Å². The van der Waals surface area contributed by atoms with Gasteiger partial charge in [-0.3, -0.25) is 10.3 Å². The van der Waals surface area contributed by atoms with E-state index in [1.54, 1.807) is 0 Å². The molecule has 0 aromatic rings. The van der Waals surface area contributed by atoms with Gasteiger partial charge in [0.2, 0.25) is 5.72 Å². The van der Waals surface area contributed by atoms with E-state index in [1.165, 1.54) is 64.2 Å². The number of unbranched alkanes of at least 4 members (excludes halogenated alkanes) is 12. The predicted molar refractivity (Wildman–Crippen MR) is 99.0 cm³/mol. The number of fused-ring (bicyclic) bond motifs is 1. The second-order valence-corrected chi connectivity index (χ2v) is 9.09. The van der Waals surface area contributed by atoms with Crippen LogP contribution in [-0.4, -0.2) is 28.0 Å². The minimum Gasteiger partial charge on any atom is -0.388 e. The summed E-state index contributed by atoms with van der Waals surface area (Å²) in [5.74, 6) is -2.29. The fourth-order valence-corrected chi connectivity index (χ4v) is 5.16. The summed E-state index contributed by atoms with van der Waals surface area (Å²) >= 11 is 0. The van der Waals surface area contributed by atoms with Crippen LogP contribution in [0.2, 0.25) is 0 Å². The quantitative estimate of drug-likeness (QED) is 0.281. The Hall–Kier alpha value is -0.0100. The Balaban J connectivity index is 1.42. The minimum atomic E-state index is -3.75. The first-order chi connectivity index (χ1) is 12.4. The Morgan fingerprint density at radius 2 is 1.27 bits per heavy atom. The van der Waals surface area contributed by atoms with Crippen LogP contribution in [0.3, 0.4) is 0 Å². The van der Waals surface area contributed by atoms with E-state index < -0.39 is 25.6 Å². The fraction of sp³-hybridized carbons (Fsp3) is 1.00. The lowest BCUT2D eigenvalue weighted by Crippen LogP contribution is -2.65. The van der Waals surface area contributed by atoms with E-state index in [9.17, 15) is 14.8 Å². The highest BCUT2D eigenvalue weighted by atomic mass is 31.2. The summed E-state index contributed by atoms with van der Waals surface area (Å²) in [5, 5.41) is 20.1. The lowest BCUT2D eigenvalue weighted by molar-refractivity contribution is -0.360. The SMILES string of the molecule is CCCCCCCCCCCCCCC[C@@H](O)[C@]1(N)OP2(=O)OC1(O)O2. The summed E-state index contributed by atoms with van der Waals surface area (Å²) in [6, 6.07) is 0. The standard InChI is InChI=1S/C18H36NO6P/c1-2-3-4-5-6-7-8-9-10-11-12-13-14-15-16(20)17(19)18(21)24-26(22,23-17)25-18/h16,20-21H,2-15,19H2,1H3/t16-,17+,18?,26?/m1/s1. The van der Waals surface area contributed by atoms with E-state index in [4.69, 9.17) is 10.3 Å². The van der Waals surface area contributed by atoms with Crippen molar-refractivity contribution in [2.45, 2.75) is 115 Å². The highest BCUT2D eigenvalue weighted by Crippen LogP contribution is 2.76. The monoisotopic (exact) mass is 393 g/mol. The van der Waals surface area contributed by atoms with E-state index in [0.717, 1.165) is 19.3 Å². The maximum absolute atomic E-state index is 11.6. The highest BCUT2D eigenvalue weighted by molar-refractivity contribution is 7.50. The lowest BCUT2D eigenvalue weighted by atomic mass is 9.98. The van der Waals surface area contributed by atoms with Crippen LogP contribution in [-0.2, 0) is 18.1 Å². The van der Waals surface area contributed by atoms with Crippen molar-refractivity contribution in [3.63, 3.8) is 0 Å². The molecule has 3 aliphatic heterocycles. The van der Waals surface area contributed by atoms with Gasteiger partial charge < -0.3 is 10.2 Å². The minimum absolute atomic E-state index is 0.337. The molecular formula is C18H36NO6P. The van der Waals surface area contributed by atoms with Crippen molar-refractivity contribution in [2.24, 2.45) is 5.73 Å².